The van der Waals surface area contributed by atoms with Gasteiger partial charge in [-0.2, -0.15) is 4.31 Å². The van der Waals surface area contributed by atoms with Crippen molar-refractivity contribution in [1.29, 1.82) is 0 Å². The topological polar surface area (TPSA) is 49.4 Å². The van der Waals surface area contributed by atoms with Gasteiger partial charge in [-0.25, -0.2) is 8.42 Å². The summed E-state index contributed by atoms with van der Waals surface area (Å²) in [4.78, 5) is 0.437. The van der Waals surface area contributed by atoms with Gasteiger partial charge in [-0.05, 0) is 38.4 Å². The molecule has 19 heavy (non-hydrogen) atoms. The lowest BCUT2D eigenvalue weighted by Gasteiger charge is -2.27. The summed E-state index contributed by atoms with van der Waals surface area (Å²) < 4.78 is 27.2. The van der Waals surface area contributed by atoms with E-state index in [4.69, 9.17) is 0 Å². The van der Waals surface area contributed by atoms with Gasteiger partial charge in [0.2, 0.25) is 10.0 Å². The number of hydrogen-bond acceptors (Lipinski definition) is 3. The number of rotatable bonds is 4. The third-order valence-electron chi connectivity index (χ3n) is 3.67. The van der Waals surface area contributed by atoms with Crippen molar-refractivity contribution >= 4 is 10.0 Å². The molecule has 1 saturated heterocycles. The molecule has 0 radical (unpaired) electrons. The third kappa shape index (κ3) is 2.83. The minimum atomic E-state index is -3.39. The molecule has 1 heterocycles. The van der Waals surface area contributed by atoms with Crippen LogP contribution in [-0.4, -0.2) is 38.4 Å². The molecule has 0 spiro atoms. The molecule has 4 nitrogen and oxygen atoms in total. The van der Waals surface area contributed by atoms with Gasteiger partial charge in [-0.15, -0.1) is 0 Å². The lowest BCUT2D eigenvalue weighted by atomic mass is 10.2. The van der Waals surface area contributed by atoms with E-state index in [1.165, 1.54) is 0 Å². The first kappa shape index (κ1) is 14.5. The minimum Gasteiger partial charge on any atom is -0.315 e. The predicted molar refractivity (Wildman–Crippen MR) is 76.8 cm³/mol. The summed E-state index contributed by atoms with van der Waals surface area (Å²) in [5.74, 6) is 0. The van der Waals surface area contributed by atoms with E-state index in [0.717, 1.165) is 30.6 Å². The van der Waals surface area contributed by atoms with E-state index < -0.39 is 10.0 Å². The molecule has 1 aliphatic rings. The Hall–Kier alpha value is -0.910. The highest BCUT2D eigenvalue weighted by Gasteiger charge is 2.32. The van der Waals surface area contributed by atoms with Gasteiger partial charge in [-0.1, -0.05) is 24.6 Å². The molecule has 1 aliphatic heterocycles. The van der Waals surface area contributed by atoms with Crippen LogP contribution < -0.4 is 5.32 Å². The predicted octanol–water partition coefficient (Wildman–Crippen LogP) is 1.68. The summed E-state index contributed by atoms with van der Waals surface area (Å²) >= 11 is 0. The van der Waals surface area contributed by atoms with Gasteiger partial charge in [0.25, 0.3) is 0 Å². The summed E-state index contributed by atoms with van der Waals surface area (Å²) in [6, 6.07) is 5.59. The maximum absolute atomic E-state index is 12.8. The quantitative estimate of drug-likeness (QED) is 0.914. The highest BCUT2D eigenvalue weighted by atomic mass is 32.2. The van der Waals surface area contributed by atoms with Crippen molar-refractivity contribution in [3.8, 4) is 0 Å². The second-order valence-electron chi connectivity index (χ2n) is 5.12. The van der Waals surface area contributed by atoms with Gasteiger partial charge in [0.15, 0.2) is 0 Å². The van der Waals surface area contributed by atoms with Crippen LogP contribution in [0.15, 0.2) is 23.1 Å². The SMILES string of the molecule is CCN(C1CCNC1)S(=O)(=O)c1ccc(C)cc1C. The molecular formula is C14H22N2O2S. The fourth-order valence-electron chi connectivity index (χ4n) is 2.72. The normalized spacial score (nSPS) is 20.1. The Morgan fingerprint density at radius 1 is 1.37 bits per heavy atom. The average Bonchev–Trinajstić information content (AvgIpc) is 2.82. The average molecular weight is 282 g/mol. The molecule has 2 rings (SSSR count). The Labute approximate surface area is 115 Å². The molecule has 1 N–H and O–H groups in total. The molecule has 5 heteroatoms. The molecule has 0 amide bonds. The zero-order chi connectivity index (χ0) is 14.0. The summed E-state index contributed by atoms with van der Waals surface area (Å²) in [7, 11) is -3.39. The third-order valence-corrected chi connectivity index (χ3v) is 5.86. The van der Waals surface area contributed by atoms with Crippen LogP contribution in [-0.2, 0) is 10.0 Å². The van der Waals surface area contributed by atoms with E-state index in [1.54, 1.807) is 10.4 Å². The summed E-state index contributed by atoms with van der Waals surface area (Å²) in [6.45, 7) is 7.89. The second-order valence-corrected chi connectivity index (χ2v) is 6.98. The first-order chi connectivity index (χ1) is 8.96. The molecular weight excluding hydrogens is 260 g/mol. The van der Waals surface area contributed by atoms with Gasteiger partial charge in [0.1, 0.15) is 0 Å². The first-order valence-electron chi connectivity index (χ1n) is 6.76. The molecule has 0 aromatic heterocycles. The van der Waals surface area contributed by atoms with Crippen molar-refractivity contribution in [2.45, 2.75) is 38.1 Å². The fourth-order valence-corrected chi connectivity index (χ4v) is 4.60. The molecule has 0 bridgehead atoms. The largest absolute Gasteiger partial charge is 0.315 e. The zero-order valence-electron chi connectivity index (χ0n) is 11.8. The number of benzene rings is 1. The highest BCUT2D eigenvalue weighted by Crippen LogP contribution is 2.24. The standard InChI is InChI=1S/C14H22N2O2S/c1-4-16(13-7-8-15-10-13)19(17,18)14-6-5-11(2)9-12(14)3/h5-6,9,13,15H,4,7-8,10H2,1-3H3. The van der Waals surface area contributed by atoms with E-state index in [2.05, 4.69) is 5.32 Å². The van der Waals surface area contributed by atoms with Crippen LogP contribution in [0.1, 0.15) is 24.5 Å². The molecule has 0 saturated carbocycles. The molecule has 1 aromatic rings. The van der Waals surface area contributed by atoms with E-state index >= 15 is 0 Å². The van der Waals surface area contributed by atoms with Crippen LogP contribution in [0.3, 0.4) is 0 Å². The number of aryl methyl sites for hydroxylation is 2. The fraction of sp³-hybridized carbons (Fsp3) is 0.571. The van der Waals surface area contributed by atoms with E-state index in [9.17, 15) is 8.42 Å². The van der Waals surface area contributed by atoms with Crippen molar-refractivity contribution in [1.82, 2.24) is 9.62 Å². The van der Waals surface area contributed by atoms with Crippen LogP contribution >= 0.6 is 0 Å². The lowest BCUT2D eigenvalue weighted by molar-refractivity contribution is 0.348. The summed E-state index contributed by atoms with van der Waals surface area (Å²) in [6.07, 6.45) is 0.887. The van der Waals surface area contributed by atoms with Gasteiger partial charge in [-0.3, -0.25) is 0 Å². The van der Waals surface area contributed by atoms with Crippen molar-refractivity contribution < 1.29 is 8.42 Å². The Morgan fingerprint density at radius 2 is 2.11 bits per heavy atom. The second kappa shape index (κ2) is 5.61. The Kier molecular flexibility index (Phi) is 4.28. The van der Waals surface area contributed by atoms with Crippen molar-refractivity contribution in [3.05, 3.63) is 29.3 Å². The highest BCUT2D eigenvalue weighted by molar-refractivity contribution is 7.89. The molecule has 1 aromatic carbocycles. The van der Waals surface area contributed by atoms with Gasteiger partial charge < -0.3 is 5.32 Å². The number of likely N-dealkylation sites (N-methyl/N-ethyl adjacent to an activating group) is 1. The van der Waals surface area contributed by atoms with Crippen LogP contribution in [0, 0.1) is 13.8 Å². The van der Waals surface area contributed by atoms with Crippen LogP contribution in [0.25, 0.3) is 0 Å². The van der Waals surface area contributed by atoms with Crippen LogP contribution in [0.2, 0.25) is 0 Å². The first-order valence-corrected chi connectivity index (χ1v) is 8.20. The van der Waals surface area contributed by atoms with Crippen LogP contribution in [0.5, 0.6) is 0 Å². The van der Waals surface area contributed by atoms with E-state index in [-0.39, 0.29) is 6.04 Å². The smallest absolute Gasteiger partial charge is 0.243 e. The molecule has 1 atom stereocenters. The monoisotopic (exact) mass is 282 g/mol. The van der Waals surface area contributed by atoms with Crippen molar-refractivity contribution in [3.63, 3.8) is 0 Å². The molecule has 106 valence electrons. The van der Waals surface area contributed by atoms with Crippen molar-refractivity contribution in [2.24, 2.45) is 0 Å². The minimum absolute atomic E-state index is 0.0794. The number of sulfonamides is 1. The lowest BCUT2D eigenvalue weighted by Crippen LogP contribution is -2.41. The maximum Gasteiger partial charge on any atom is 0.243 e. The number of nitrogens with zero attached hydrogens (tertiary/aromatic N) is 1. The van der Waals surface area contributed by atoms with Crippen LogP contribution in [0.4, 0.5) is 0 Å². The van der Waals surface area contributed by atoms with E-state index in [1.807, 2.05) is 32.9 Å². The zero-order valence-corrected chi connectivity index (χ0v) is 12.6. The summed E-state index contributed by atoms with van der Waals surface area (Å²) in [5, 5.41) is 3.23. The Bertz CT molecular complexity index is 549. The Balaban J connectivity index is 2.39. The van der Waals surface area contributed by atoms with Gasteiger partial charge in [0, 0.05) is 19.1 Å². The van der Waals surface area contributed by atoms with Gasteiger partial charge in [0.05, 0.1) is 4.90 Å². The Morgan fingerprint density at radius 3 is 2.63 bits per heavy atom. The van der Waals surface area contributed by atoms with E-state index in [0.29, 0.717) is 11.4 Å². The summed E-state index contributed by atoms with van der Waals surface area (Å²) in [5.41, 5.74) is 1.91. The van der Waals surface area contributed by atoms with Crippen molar-refractivity contribution in [2.75, 3.05) is 19.6 Å². The number of nitrogens with one attached hydrogen (secondary N) is 1. The molecule has 0 aliphatic carbocycles. The molecule has 1 unspecified atom stereocenters. The maximum atomic E-state index is 12.8. The molecule has 1 fully saturated rings. The number of hydrogen-bond donors (Lipinski definition) is 1. The van der Waals surface area contributed by atoms with Gasteiger partial charge >= 0.3 is 0 Å².